The van der Waals surface area contributed by atoms with Crippen molar-refractivity contribution in [1.29, 1.82) is 0 Å². The number of amides is 2. The van der Waals surface area contributed by atoms with Gasteiger partial charge in [0.05, 0.1) is 6.54 Å². The zero-order valence-corrected chi connectivity index (χ0v) is 12.7. The molecule has 2 N–H and O–H groups in total. The Hall–Kier alpha value is -1.98. The van der Waals surface area contributed by atoms with E-state index in [2.05, 4.69) is 19.2 Å². The molecule has 0 spiro atoms. The summed E-state index contributed by atoms with van der Waals surface area (Å²) in [6, 6.07) is 1.87. The largest absolute Gasteiger partial charge is 0.478 e. The van der Waals surface area contributed by atoms with Gasteiger partial charge in [0.1, 0.15) is 17.1 Å². The average molecular weight is 294 g/mol. The summed E-state index contributed by atoms with van der Waals surface area (Å²) in [6.07, 6.45) is 3.00. The maximum atomic E-state index is 12.3. The minimum absolute atomic E-state index is 0.113. The van der Waals surface area contributed by atoms with E-state index < -0.39 is 5.97 Å². The van der Waals surface area contributed by atoms with Crippen LogP contribution in [0.15, 0.2) is 10.5 Å². The summed E-state index contributed by atoms with van der Waals surface area (Å²) in [5.74, 6) is -0.209. The molecule has 0 saturated carbocycles. The van der Waals surface area contributed by atoms with Gasteiger partial charge >= 0.3 is 12.0 Å². The monoisotopic (exact) mass is 294 g/mol. The summed E-state index contributed by atoms with van der Waals surface area (Å²) in [4.78, 5) is 25.1. The van der Waals surface area contributed by atoms with E-state index in [-0.39, 0.29) is 30.2 Å². The second-order valence-corrected chi connectivity index (χ2v) is 5.54. The number of hydrogen-bond donors (Lipinski definition) is 2. The van der Waals surface area contributed by atoms with E-state index in [1.807, 2.05) is 4.90 Å². The molecule has 2 atom stereocenters. The predicted octanol–water partition coefficient (Wildman–Crippen LogP) is 2.76. The number of likely N-dealkylation sites (tertiary alicyclic amines) is 1. The molecule has 0 aliphatic carbocycles. The molecule has 6 heteroatoms. The second kappa shape index (κ2) is 6.20. The lowest BCUT2D eigenvalue weighted by Gasteiger charge is -2.27. The first-order chi connectivity index (χ1) is 9.93. The Bertz CT molecular complexity index is 538. The van der Waals surface area contributed by atoms with Gasteiger partial charge in [-0.2, -0.15) is 0 Å². The molecule has 1 aromatic heterocycles. The summed E-state index contributed by atoms with van der Waals surface area (Å²) in [5.41, 5.74) is 0.139. The van der Waals surface area contributed by atoms with Crippen molar-refractivity contribution in [3.8, 4) is 0 Å². The standard InChI is InChI=1S/C15H22N2O4/c1-4-11-6-5-9(2)17(11)15(20)16-8-12-7-13(14(18)19)10(3)21-12/h7,9,11H,4-6,8H2,1-3H3,(H,16,20)(H,18,19). The molecule has 2 unspecified atom stereocenters. The molecule has 1 aliphatic rings. The summed E-state index contributed by atoms with van der Waals surface area (Å²) in [6.45, 7) is 5.93. The van der Waals surface area contributed by atoms with Crippen molar-refractivity contribution in [2.24, 2.45) is 0 Å². The molecule has 0 aromatic carbocycles. The number of nitrogens with one attached hydrogen (secondary N) is 1. The predicted molar refractivity (Wildman–Crippen MR) is 77.3 cm³/mol. The fourth-order valence-electron chi connectivity index (χ4n) is 2.94. The third-order valence-corrected chi connectivity index (χ3v) is 4.10. The van der Waals surface area contributed by atoms with Crippen molar-refractivity contribution in [2.75, 3.05) is 0 Å². The van der Waals surface area contributed by atoms with E-state index in [9.17, 15) is 9.59 Å². The third kappa shape index (κ3) is 3.20. The van der Waals surface area contributed by atoms with Crippen molar-refractivity contribution in [3.63, 3.8) is 0 Å². The number of carboxylic acids is 1. The topological polar surface area (TPSA) is 82.8 Å². The van der Waals surface area contributed by atoms with E-state index in [4.69, 9.17) is 9.52 Å². The summed E-state index contributed by atoms with van der Waals surface area (Å²) in [5, 5.41) is 11.8. The van der Waals surface area contributed by atoms with Crippen LogP contribution in [0, 0.1) is 6.92 Å². The summed E-state index contributed by atoms with van der Waals surface area (Å²) in [7, 11) is 0. The Kier molecular flexibility index (Phi) is 4.55. The van der Waals surface area contributed by atoms with Crippen LogP contribution in [-0.4, -0.2) is 34.1 Å². The van der Waals surface area contributed by atoms with Crippen LogP contribution in [0.4, 0.5) is 4.79 Å². The van der Waals surface area contributed by atoms with Crippen LogP contribution in [0.2, 0.25) is 0 Å². The highest BCUT2D eigenvalue weighted by molar-refractivity contribution is 5.88. The van der Waals surface area contributed by atoms with E-state index >= 15 is 0 Å². The Morgan fingerprint density at radius 2 is 2.19 bits per heavy atom. The zero-order valence-electron chi connectivity index (χ0n) is 12.7. The van der Waals surface area contributed by atoms with Gasteiger partial charge in [0.25, 0.3) is 0 Å². The van der Waals surface area contributed by atoms with Crippen LogP contribution in [0.1, 0.15) is 55.0 Å². The van der Waals surface area contributed by atoms with Gasteiger partial charge in [-0.25, -0.2) is 9.59 Å². The van der Waals surface area contributed by atoms with Gasteiger partial charge in [0, 0.05) is 12.1 Å². The first-order valence-corrected chi connectivity index (χ1v) is 7.32. The SMILES string of the molecule is CCC1CCC(C)N1C(=O)NCc1cc(C(=O)O)c(C)o1. The number of urea groups is 1. The Morgan fingerprint density at radius 3 is 2.76 bits per heavy atom. The summed E-state index contributed by atoms with van der Waals surface area (Å²) >= 11 is 0. The van der Waals surface area contributed by atoms with Crippen molar-refractivity contribution < 1.29 is 19.1 Å². The smallest absolute Gasteiger partial charge is 0.339 e. The molecular formula is C15H22N2O4. The molecule has 1 aliphatic heterocycles. The molecule has 21 heavy (non-hydrogen) atoms. The highest BCUT2D eigenvalue weighted by atomic mass is 16.4. The zero-order chi connectivity index (χ0) is 15.6. The maximum Gasteiger partial charge on any atom is 0.339 e. The van der Waals surface area contributed by atoms with Gasteiger partial charge in [-0.05, 0) is 39.2 Å². The number of hydrogen-bond acceptors (Lipinski definition) is 3. The van der Waals surface area contributed by atoms with Gasteiger partial charge in [-0.15, -0.1) is 0 Å². The Morgan fingerprint density at radius 1 is 1.48 bits per heavy atom. The van der Waals surface area contributed by atoms with E-state index in [1.165, 1.54) is 6.07 Å². The van der Waals surface area contributed by atoms with Crippen LogP contribution >= 0.6 is 0 Å². The van der Waals surface area contributed by atoms with Gasteiger partial charge in [-0.3, -0.25) is 0 Å². The highest BCUT2D eigenvalue weighted by Crippen LogP contribution is 2.26. The molecule has 0 radical (unpaired) electrons. The molecule has 1 fully saturated rings. The lowest BCUT2D eigenvalue weighted by atomic mass is 10.2. The van der Waals surface area contributed by atoms with Crippen molar-refractivity contribution in [3.05, 3.63) is 23.2 Å². The Labute approximate surface area is 124 Å². The molecule has 2 amide bonds. The number of nitrogens with zero attached hydrogens (tertiary/aromatic N) is 1. The lowest BCUT2D eigenvalue weighted by molar-refractivity contribution is 0.0695. The van der Waals surface area contributed by atoms with E-state index in [0.29, 0.717) is 11.5 Å². The number of aryl methyl sites for hydroxylation is 1. The van der Waals surface area contributed by atoms with Gasteiger partial charge < -0.3 is 19.7 Å². The number of aromatic carboxylic acids is 1. The molecule has 116 valence electrons. The minimum Gasteiger partial charge on any atom is -0.478 e. The summed E-state index contributed by atoms with van der Waals surface area (Å²) < 4.78 is 5.35. The maximum absolute atomic E-state index is 12.3. The fourth-order valence-corrected chi connectivity index (χ4v) is 2.94. The Balaban J connectivity index is 1.98. The van der Waals surface area contributed by atoms with Gasteiger partial charge in [-0.1, -0.05) is 6.92 Å². The number of carboxylic acid groups (broad SMARTS) is 1. The first kappa shape index (κ1) is 15.4. The fraction of sp³-hybridized carbons (Fsp3) is 0.600. The quantitative estimate of drug-likeness (QED) is 0.894. The number of carbonyl (C=O) groups is 2. The molecule has 2 heterocycles. The van der Waals surface area contributed by atoms with Crippen molar-refractivity contribution >= 4 is 12.0 Å². The van der Waals surface area contributed by atoms with Crippen LogP contribution < -0.4 is 5.32 Å². The number of furan rings is 1. The van der Waals surface area contributed by atoms with E-state index in [1.54, 1.807) is 6.92 Å². The second-order valence-electron chi connectivity index (χ2n) is 5.54. The number of rotatable bonds is 4. The van der Waals surface area contributed by atoms with E-state index in [0.717, 1.165) is 19.3 Å². The van der Waals surface area contributed by atoms with Crippen LogP contribution in [0.25, 0.3) is 0 Å². The molecular weight excluding hydrogens is 272 g/mol. The van der Waals surface area contributed by atoms with Gasteiger partial charge in [0.15, 0.2) is 0 Å². The van der Waals surface area contributed by atoms with Crippen LogP contribution in [0.5, 0.6) is 0 Å². The van der Waals surface area contributed by atoms with Crippen LogP contribution in [0.3, 0.4) is 0 Å². The van der Waals surface area contributed by atoms with Gasteiger partial charge in [0.2, 0.25) is 0 Å². The average Bonchev–Trinajstić information content (AvgIpc) is 2.99. The highest BCUT2D eigenvalue weighted by Gasteiger charge is 2.33. The third-order valence-electron chi connectivity index (χ3n) is 4.10. The normalized spacial score (nSPS) is 21.6. The molecule has 1 aromatic rings. The molecule has 1 saturated heterocycles. The molecule has 6 nitrogen and oxygen atoms in total. The van der Waals surface area contributed by atoms with Crippen molar-refractivity contribution in [1.82, 2.24) is 10.2 Å². The number of carbonyl (C=O) groups excluding carboxylic acids is 1. The molecule has 2 rings (SSSR count). The minimum atomic E-state index is -1.02. The first-order valence-electron chi connectivity index (χ1n) is 7.32. The van der Waals surface area contributed by atoms with Crippen LogP contribution in [-0.2, 0) is 6.54 Å². The van der Waals surface area contributed by atoms with Crippen molar-refractivity contribution in [2.45, 2.75) is 58.7 Å². The molecule has 0 bridgehead atoms. The lowest BCUT2D eigenvalue weighted by Crippen LogP contribution is -2.45.